The largest absolute Gasteiger partial charge is 0.247 e. The van der Waals surface area contributed by atoms with Gasteiger partial charge in [0.05, 0.1) is 0 Å². The number of hydrogen-bond donors (Lipinski definition) is 0. The summed E-state index contributed by atoms with van der Waals surface area (Å²) in [6.07, 6.45) is 4.78. The van der Waals surface area contributed by atoms with Crippen LogP contribution in [0.4, 0.5) is 4.39 Å². The minimum Gasteiger partial charge on any atom is -0.247 e. The van der Waals surface area contributed by atoms with Crippen molar-refractivity contribution in [2.24, 2.45) is 5.92 Å². The molecule has 1 rings (SSSR count). The van der Waals surface area contributed by atoms with Gasteiger partial charge < -0.3 is 0 Å². The Bertz CT molecular complexity index is 78.6. The SMILES string of the molecule is CCCC1CCC(F)C1. The fourth-order valence-corrected chi connectivity index (χ4v) is 1.68. The maximum atomic E-state index is 12.5. The average Bonchev–Trinajstić information content (AvgIpc) is 2.17. The van der Waals surface area contributed by atoms with Crippen LogP contribution in [0.5, 0.6) is 0 Å². The van der Waals surface area contributed by atoms with Crippen molar-refractivity contribution in [3.63, 3.8) is 0 Å². The molecule has 1 fully saturated rings. The molecule has 0 bridgehead atoms. The summed E-state index contributed by atoms with van der Waals surface area (Å²) in [6.45, 7) is 2.17. The Hall–Kier alpha value is -0.0700. The lowest BCUT2D eigenvalue weighted by atomic mass is 10.0. The second-order valence-corrected chi connectivity index (χ2v) is 3.07. The third-order valence-corrected chi connectivity index (χ3v) is 2.17. The fourth-order valence-electron chi connectivity index (χ4n) is 1.68. The fraction of sp³-hybridized carbons (Fsp3) is 1.00. The highest BCUT2D eigenvalue weighted by atomic mass is 19.1. The van der Waals surface area contributed by atoms with Crippen molar-refractivity contribution in [2.75, 3.05) is 0 Å². The van der Waals surface area contributed by atoms with Crippen molar-refractivity contribution in [3.05, 3.63) is 0 Å². The van der Waals surface area contributed by atoms with Gasteiger partial charge in [-0.2, -0.15) is 0 Å². The predicted molar refractivity (Wildman–Crippen MR) is 37.1 cm³/mol. The highest BCUT2D eigenvalue weighted by Gasteiger charge is 2.22. The van der Waals surface area contributed by atoms with Gasteiger partial charge in [0.2, 0.25) is 0 Å². The second kappa shape index (κ2) is 3.19. The van der Waals surface area contributed by atoms with E-state index in [0.29, 0.717) is 5.92 Å². The Kier molecular flexibility index (Phi) is 2.49. The number of hydrogen-bond acceptors (Lipinski definition) is 0. The quantitative estimate of drug-likeness (QED) is 0.539. The maximum absolute atomic E-state index is 12.5. The van der Waals surface area contributed by atoms with Crippen LogP contribution in [-0.2, 0) is 0 Å². The van der Waals surface area contributed by atoms with E-state index in [2.05, 4.69) is 6.92 Å². The molecule has 0 aromatic rings. The van der Waals surface area contributed by atoms with Gasteiger partial charge in [-0.15, -0.1) is 0 Å². The van der Waals surface area contributed by atoms with Gasteiger partial charge in [0.1, 0.15) is 6.17 Å². The molecule has 54 valence electrons. The number of alkyl halides is 1. The summed E-state index contributed by atoms with van der Waals surface area (Å²) < 4.78 is 12.5. The Morgan fingerprint density at radius 2 is 2.22 bits per heavy atom. The number of halogens is 1. The third kappa shape index (κ3) is 1.96. The zero-order valence-corrected chi connectivity index (χ0v) is 6.07. The van der Waals surface area contributed by atoms with Gasteiger partial charge in [-0.1, -0.05) is 19.8 Å². The predicted octanol–water partition coefficient (Wildman–Crippen LogP) is 2.92. The molecule has 0 aromatic carbocycles. The first kappa shape index (κ1) is 7.04. The molecule has 0 aliphatic heterocycles. The van der Waals surface area contributed by atoms with E-state index in [9.17, 15) is 4.39 Å². The molecule has 1 aliphatic rings. The van der Waals surface area contributed by atoms with Crippen molar-refractivity contribution in [1.82, 2.24) is 0 Å². The van der Waals surface area contributed by atoms with Crippen LogP contribution in [0.2, 0.25) is 0 Å². The van der Waals surface area contributed by atoms with E-state index >= 15 is 0 Å². The van der Waals surface area contributed by atoms with Crippen molar-refractivity contribution in [1.29, 1.82) is 0 Å². The first-order valence-electron chi connectivity index (χ1n) is 3.97. The lowest BCUT2D eigenvalue weighted by Crippen LogP contribution is -1.94. The molecule has 2 atom stereocenters. The molecule has 0 aromatic heterocycles. The normalized spacial score (nSPS) is 35.3. The molecule has 1 heteroatoms. The van der Waals surface area contributed by atoms with E-state index in [1.807, 2.05) is 0 Å². The molecule has 0 saturated heterocycles. The maximum Gasteiger partial charge on any atom is 0.100 e. The molecule has 9 heavy (non-hydrogen) atoms. The molecule has 1 saturated carbocycles. The van der Waals surface area contributed by atoms with E-state index in [4.69, 9.17) is 0 Å². The van der Waals surface area contributed by atoms with Crippen LogP contribution >= 0.6 is 0 Å². The molecule has 0 N–H and O–H groups in total. The van der Waals surface area contributed by atoms with E-state index in [1.54, 1.807) is 0 Å². The van der Waals surface area contributed by atoms with Crippen LogP contribution in [-0.4, -0.2) is 6.17 Å². The Labute approximate surface area is 56.5 Å². The van der Waals surface area contributed by atoms with Gasteiger partial charge in [-0.05, 0) is 25.2 Å². The molecule has 0 amide bonds. The first-order chi connectivity index (χ1) is 4.33. The molecule has 0 radical (unpaired) electrons. The van der Waals surface area contributed by atoms with Crippen LogP contribution < -0.4 is 0 Å². The lowest BCUT2D eigenvalue weighted by Gasteiger charge is -2.03. The van der Waals surface area contributed by atoms with Crippen molar-refractivity contribution in [2.45, 2.75) is 45.2 Å². The highest BCUT2D eigenvalue weighted by molar-refractivity contribution is 4.74. The van der Waals surface area contributed by atoms with Gasteiger partial charge in [0.25, 0.3) is 0 Å². The van der Waals surface area contributed by atoms with E-state index in [0.717, 1.165) is 19.3 Å². The molecule has 2 unspecified atom stereocenters. The van der Waals surface area contributed by atoms with E-state index in [-0.39, 0.29) is 0 Å². The van der Waals surface area contributed by atoms with Crippen LogP contribution in [0.25, 0.3) is 0 Å². The van der Waals surface area contributed by atoms with Crippen LogP contribution in [0.1, 0.15) is 39.0 Å². The zero-order valence-electron chi connectivity index (χ0n) is 6.07. The standard InChI is InChI=1S/C8H15F/c1-2-3-7-4-5-8(9)6-7/h7-8H,2-6H2,1H3. The highest BCUT2D eigenvalue weighted by Crippen LogP contribution is 2.30. The minimum absolute atomic E-state index is 0.471. The molecular formula is C8H15F. The van der Waals surface area contributed by atoms with E-state index in [1.165, 1.54) is 12.8 Å². The Morgan fingerprint density at radius 1 is 1.44 bits per heavy atom. The zero-order chi connectivity index (χ0) is 6.69. The topological polar surface area (TPSA) is 0 Å². The van der Waals surface area contributed by atoms with Crippen molar-refractivity contribution < 1.29 is 4.39 Å². The summed E-state index contributed by atoms with van der Waals surface area (Å²) in [6, 6.07) is 0. The van der Waals surface area contributed by atoms with Crippen LogP contribution in [0.3, 0.4) is 0 Å². The lowest BCUT2D eigenvalue weighted by molar-refractivity contribution is 0.327. The average molecular weight is 130 g/mol. The summed E-state index contributed by atoms with van der Waals surface area (Å²) in [4.78, 5) is 0. The summed E-state index contributed by atoms with van der Waals surface area (Å²) >= 11 is 0. The van der Waals surface area contributed by atoms with Gasteiger partial charge in [0, 0.05) is 0 Å². The number of rotatable bonds is 2. The smallest absolute Gasteiger partial charge is 0.100 e. The van der Waals surface area contributed by atoms with Crippen LogP contribution in [0.15, 0.2) is 0 Å². The van der Waals surface area contributed by atoms with Gasteiger partial charge in [0.15, 0.2) is 0 Å². The monoisotopic (exact) mass is 130 g/mol. The Balaban J connectivity index is 2.14. The van der Waals surface area contributed by atoms with Crippen LogP contribution in [0, 0.1) is 5.92 Å². The first-order valence-corrected chi connectivity index (χ1v) is 3.97. The summed E-state index contributed by atoms with van der Waals surface area (Å²) in [5.74, 6) is 0.713. The van der Waals surface area contributed by atoms with Gasteiger partial charge in [-0.25, -0.2) is 4.39 Å². The van der Waals surface area contributed by atoms with Crippen molar-refractivity contribution >= 4 is 0 Å². The minimum atomic E-state index is -0.471. The molecular weight excluding hydrogens is 115 g/mol. The van der Waals surface area contributed by atoms with Gasteiger partial charge >= 0.3 is 0 Å². The summed E-state index contributed by atoms with van der Waals surface area (Å²) in [5, 5.41) is 0. The molecule has 0 heterocycles. The molecule has 0 spiro atoms. The molecule has 1 aliphatic carbocycles. The van der Waals surface area contributed by atoms with E-state index < -0.39 is 6.17 Å². The van der Waals surface area contributed by atoms with Gasteiger partial charge in [-0.3, -0.25) is 0 Å². The summed E-state index contributed by atoms with van der Waals surface area (Å²) in [5.41, 5.74) is 0. The molecule has 0 nitrogen and oxygen atoms in total. The second-order valence-electron chi connectivity index (χ2n) is 3.07. The van der Waals surface area contributed by atoms with Crippen molar-refractivity contribution in [3.8, 4) is 0 Å². The summed E-state index contributed by atoms with van der Waals surface area (Å²) in [7, 11) is 0. The Morgan fingerprint density at radius 3 is 2.67 bits per heavy atom. The third-order valence-electron chi connectivity index (χ3n) is 2.17.